The van der Waals surface area contributed by atoms with E-state index in [2.05, 4.69) is 6.07 Å². The molecule has 2 nitrogen and oxygen atoms in total. The van der Waals surface area contributed by atoms with Crippen LogP contribution in [0.5, 0.6) is 0 Å². The third-order valence-corrected chi connectivity index (χ3v) is 3.00. The first-order valence-electron chi connectivity index (χ1n) is 4.79. The number of hydrogen-bond donors (Lipinski definition) is 0. The first-order valence-corrected chi connectivity index (χ1v) is 4.79. The van der Waals surface area contributed by atoms with E-state index in [1.807, 2.05) is 6.07 Å². The summed E-state index contributed by atoms with van der Waals surface area (Å²) in [6.45, 7) is 0. The van der Waals surface area contributed by atoms with Gasteiger partial charge in [-0.25, -0.2) is 4.39 Å². The van der Waals surface area contributed by atoms with Gasteiger partial charge < -0.3 is 0 Å². The summed E-state index contributed by atoms with van der Waals surface area (Å²) in [5.74, 6) is -0.340. The highest BCUT2D eigenvalue weighted by Crippen LogP contribution is 2.41. The smallest absolute Gasteiger partial charge is 0.123 e. The maximum absolute atomic E-state index is 13.1. The zero-order chi connectivity index (χ0) is 10.9. The van der Waals surface area contributed by atoms with Gasteiger partial charge in [0.05, 0.1) is 24.0 Å². The van der Waals surface area contributed by atoms with E-state index >= 15 is 0 Å². The van der Waals surface area contributed by atoms with Gasteiger partial charge >= 0.3 is 0 Å². The van der Waals surface area contributed by atoms with Crippen LogP contribution in [0.1, 0.15) is 24.0 Å². The molecule has 1 aliphatic rings. The molecule has 0 radical (unpaired) electrons. The topological polar surface area (TPSA) is 47.6 Å². The Bertz CT molecular complexity index is 481. The second-order valence-electron chi connectivity index (χ2n) is 3.83. The van der Waals surface area contributed by atoms with E-state index in [1.54, 1.807) is 6.07 Å². The minimum absolute atomic E-state index is 0.139. The molecule has 1 unspecified atom stereocenters. The largest absolute Gasteiger partial charge is 0.207 e. The molecule has 0 N–H and O–H groups in total. The van der Waals surface area contributed by atoms with Gasteiger partial charge in [-0.2, -0.15) is 10.5 Å². The standard InChI is InChI=1S/C12H9FN2/c13-10-2-1-9-3-4-12(8-15,5-6-14)11(9)7-10/h1-2,7H,3-5H2. The van der Waals surface area contributed by atoms with Crippen molar-refractivity contribution in [3.05, 3.63) is 35.1 Å². The number of nitriles is 2. The number of aryl methyl sites for hydroxylation is 1. The average Bonchev–Trinajstić information content (AvgIpc) is 2.58. The van der Waals surface area contributed by atoms with Crippen molar-refractivity contribution in [2.75, 3.05) is 0 Å². The SMILES string of the molecule is N#CCC1(C#N)CCc2ccc(F)cc21. The van der Waals surface area contributed by atoms with Crippen LogP contribution in [0.4, 0.5) is 4.39 Å². The van der Waals surface area contributed by atoms with E-state index in [0.717, 1.165) is 12.0 Å². The minimum atomic E-state index is -0.786. The predicted molar refractivity (Wildman–Crippen MR) is 52.2 cm³/mol. The Balaban J connectivity index is 2.56. The molecule has 0 heterocycles. The van der Waals surface area contributed by atoms with Crippen molar-refractivity contribution < 1.29 is 4.39 Å². The van der Waals surface area contributed by atoms with Gasteiger partial charge in [0.15, 0.2) is 0 Å². The maximum Gasteiger partial charge on any atom is 0.123 e. The Kier molecular flexibility index (Phi) is 2.17. The summed E-state index contributed by atoms with van der Waals surface area (Å²) in [5.41, 5.74) is 0.909. The molecule has 74 valence electrons. The third kappa shape index (κ3) is 1.37. The van der Waals surface area contributed by atoms with E-state index in [9.17, 15) is 4.39 Å². The van der Waals surface area contributed by atoms with Crippen LogP contribution in [0.2, 0.25) is 0 Å². The van der Waals surface area contributed by atoms with Gasteiger partial charge in [-0.15, -0.1) is 0 Å². The van der Waals surface area contributed by atoms with Crippen molar-refractivity contribution in [2.24, 2.45) is 0 Å². The lowest BCUT2D eigenvalue weighted by Crippen LogP contribution is -2.19. The second kappa shape index (κ2) is 3.37. The molecule has 0 aliphatic heterocycles. The molecule has 0 bridgehead atoms. The molecule has 0 saturated heterocycles. The van der Waals surface area contributed by atoms with Crippen LogP contribution in [0.25, 0.3) is 0 Å². The van der Waals surface area contributed by atoms with Crippen LogP contribution in [-0.2, 0) is 11.8 Å². The van der Waals surface area contributed by atoms with Crippen LogP contribution >= 0.6 is 0 Å². The van der Waals surface area contributed by atoms with Crippen molar-refractivity contribution in [1.29, 1.82) is 10.5 Å². The highest BCUT2D eigenvalue weighted by molar-refractivity contribution is 5.45. The normalized spacial score (nSPS) is 22.9. The van der Waals surface area contributed by atoms with Crippen LogP contribution in [-0.4, -0.2) is 0 Å². The number of rotatable bonds is 1. The van der Waals surface area contributed by atoms with Gasteiger partial charge in [0.25, 0.3) is 0 Å². The number of fused-ring (bicyclic) bond motifs is 1. The maximum atomic E-state index is 13.1. The lowest BCUT2D eigenvalue weighted by Gasteiger charge is -2.17. The third-order valence-electron chi connectivity index (χ3n) is 3.00. The molecule has 0 spiro atoms. The molecule has 1 aliphatic carbocycles. The van der Waals surface area contributed by atoms with Crippen molar-refractivity contribution >= 4 is 0 Å². The molecule has 1 aromatic rings. The first kappa shape index (κ1) is 9.68. The van der Waals surface area contributed by atoms with E-state index in [4.69, 9.17) is 10.5 Å². The van der Waals surface area contributed by atoms with Gasteiger partial charge in [-0.3, -0.25) is 0 Å². The molecule has 0 saturated carbocycles. The fraction of sp³-hybridized carbons (Fsp3) is 0.333. The van der Waals surface area contributed by atoms with E-state index in [-0.39, 0.29) is 12.2 Å². The van der Waals surface area contributed by atoms with Crippen molar-refractivity contribution in [2.45, 2.75) is 24.7 Å². The predicted octanol–water partition coefficient (Wildman–Crippen LogP) is 2.45. The van der Waals surface area contributed by atoms with Crippen LogP contribution < -0.4 is 0 Å². The van der Waals surface area contributed by atoms with Gasteiger partial charge in [-0.05, 0) is 36.1 Å². The minimum Gasteiger partial charge on any atom is -0.207 e. The van der Waals surface area contributed by atoms with Gasteiger partial charge in [-0.1, -0.05) is 6.07 Å². The Morgan fingerprint density at radius 1 is 1.40 bits per heavy atom. The first-order chi connectivity index (χ1) is 7.22. The summed E-state index contributed by atoms with van der Waals surface area (Å²) in [4.78, 5) is 0. The summed E-state index contributed by atoms with van der Waals surface area (Å²) in [6.07, 6.45) is 1.51. The summed E-state index contributed by atoms with van der Waals surface area (Å²) >= 11 is 0. The van der Waals surface area contributed by atoms with E-state index in [1.165, 1.54) is 12.1 Å². The molecular weight excluding hydrogens is 191 g/mol. The Morgan fingerprint density at radius 2 is 2.20 bits per heavy atom. The highest BCUT2D eigenvalue weighted by Gasteiger charge is 2.39. The fourth-order valence-corrected chi connectivity index (χ4v) is 2.17. The quantitative estimate of drug-likeness (QED) is 0.699. The Hall–Kier alpha value is -1.87. The number of benzene rings is 1. The Morgan fingerprint density at radius 3 is 2.87 bits per heavy atom. The summed E-state index contributed by atoms with van der Waals surface area (Å²) in [6, 6.07) is 8.69. The summed E-state index contributed by atoms with van der Waals surface area (Å²) < 4.78 is 13.1. The fourth-order valence-electron chi connectivity index (χ4n) is 2.17. The molecule has 2 rings (SSSR count). The summed E-state index contributed by atoms with van der Waals surface area (Å²) in [7, 11) is 0. The molecule has 1 aromatic carbocycles. The number of halogens is 1. The van der Waals surface area contributed by atoms with Gasteiger partial charge in [0, 0.05) is 0 Å². The molecule has 3 heteroatoms. The monoisotopic (exact) mass is 200 g/mol. The van der Waals surface area contributed by atoms with E-state index in [0.29, 0.717) is 12.0 Å². The molecule has 0 aromatic heterocycles. The second-order valence-corrected chi connectivity index (χ2v) is 3.83. The molecule has 0 fully saturated rings. The lowest BCUT2D eigenvalue weighted by atomic mass is 9.81. The molecule has 15 heavy (non-hydrogen) atoms. The van der Waals surface area contributed by atoms with Crippen LogP contribution in [0, 0.1) is 28.5 Å². The lowest BCUT2D eigenvalue weighted by molar-refractivity contribution is 0.551. The zero-order valence-corrected chi connectivity index (χ0v) is 8.13. The number of hydrogen-bond acceptors (Lipinski definition) is 2. The van der Waals surface area contributed by atoms with Crippen molar-refractivity contribution in [3.8, 4) is 12.1 Å². The van der Waals surface area contributed by atoms with Gasteiger partial charge in [0.2, 0.25) is 0 Å². The average molecular weight is 200 g/mol. The van der Waals surface area contributed by atoms with Crippen molar-refractivity contribution in [3.63, 3.8) is 0 Å². The van der Waals surface area contributed by atoms with Crippen molar-refractivity contribution in [1.82, 2.24) is 0 Å². The molecule has 1 atom stereocenters. The summed E-state index contributed by atoms with van der Waals surface area (Å²) in [5, 5.41) is 17.9. The Labute approximate surface area is 87.6 Å². The van der Waals surface area contributed by atoms with Gasteiger partial charge in [0.1, 0.15) is 5.82 Å². The molecule has 0 amide bonds. The zero-order valence-electron chi connectivity index (χ0n) is 8.13. The molecular formula is C12H9FN2. The van der Waals surface area contributed by atoms with Crippen LogP contribution in [0.3, 0.4) is 0 Å². The van der Waals surface area contributed by atoms with E-state index < -0.39 is 5.41 Å². The highest BCUT2D eigenvalue weighted by atomic mass is 19.1. The van der Waals surface area contributed by atoms with Crippen LogP contribution in [0.15, 0.2) is 18.2 Å². The number of nitrogens with zero attached hydrogens (tertiary/aromatic N) is 2.